The van der Waals surface area contributed by atoms with Crippen molar-refractivity contribution in [2.45, 2.75) is 19.0 Å². The number of carbonyl (C=O) groups is 1. The zero-order valence-corrected chi connectivity index (χ0v) is 12.8. The van der Waals surface area contributed by atoms with E-state index in [4.69, 9.17) is 16.4 Å². The van der Waals surface area contributed by atoms with Gasteiger partial charge in [0.15, 0.2) is 0 Å². The fourth-order valence-electron chi connectivity index (χ4n) is 2.12. The first kappa shape index (κ1) is 18.1. The number of pyridine rings is 2. The number of aromatic nitrogens is 3. The Morgan fingerprint density at radius 3 is 2.33 bits per heavy atom. The van der Waals surface area contributed by atoms with Crippen LogP contribution in [0.3, 0.4) is 0 Å². The Morgan fingerprint density at radius 2 is 1.75 bits per heavy atom. The molecule has 10 heteroatoms. The summed E-state index contributed by atoms with van der Waals surface area (Å²) in [6, 6.07) is 3.58. The highest BCUT2D eigenvalue weighted by atomic mass is 35.5. The number of alkyl halides is 5. The molecule has 0 aromatic carbocycles. The lowest BCUT2D eigenvalue weighted by Crippen LogP contribution is -2.34. The van der Waals surface area contributed by atoms with E-state index in [9.17, 15) is 22.0 Å². The summed E-state index contributed by atoms with van der Waals surface area (Å²) < 4.78 is 65.9. The third kappa shape index (κ3) is 2.79. The van der Waals surface area contributed by atoms with E-state index < -0.39 is 17.8 Å². The molecule has 0 aliphatic carbocycles. The number of nitrogens with zero attached hydrogens (tertiary/aromatic N) is 3. The van der Waals surface area contributed by atoms with Crippen LogP contribution in [0.1, 0.15) is 11.4 Å². The number of rotatable bonds is 1. The Kier molecular flexibility index (Phi) is 4.49. The monoisotopic (exact) mass is 365 g/mol. The van der Waals surface area contributed by atoms with Crippen LogP contribution in [0.4, 0.5) is 22.0 Å². The first-order valence-corrected chi connectivity index (χ1v) is 6.68. The number of halogens is 6. The van der Waals surface area contributed by atoms with E-state index >= 15 is 0 Å². The van der Waals surface area contributed by atoms with Gasteiger partial charge in [0.25, 0.3) is 0 Å². The zero-order valence-electron chi connectivity index (χ0n) is 12.0. The SMILES string of the molecule is C=O.Cc1cn2c(ccc3c(Cl)cc(C(F)(F)C(F)(F)F)nc32)n1. The van der Waals surface area contributed by atoms with E-state index in [0.717, 1.165) is 0 Å². The zero-order chi connectivity index (χ0) is 18.3. The van der Waals surface area contributed by atoms with Crippen LogP contribution in [-0.2, 0) is 10.7 Å². The summed E-state index contributed by atoms with van der Waals surface area (Å²) in [5.74, 6) is -5.09. The highest BCUT2D eigenvalue weighted by Crippen LogP contribution is 2.44. The second-order valence-electron chi connectivity index (χ2n) is 4.74. The highest BCUT2D eigenvalue weighted by molar-refractivity contribution is 6.35. The summed E-state index contributed by atoms with van der Waals surface area (Å²) in [5.41, 5.74) is -0.611. The first-order chi connectivity index (χ1) is 11.1. The second-order valence-corrected chi connectivity index (χ2v) is 5.15. The standard InChI is InChI=1S/C13H7ClF5N3.CH2O/c1-6-5-22-10(20-6)3-2-7-8(14)4-9(21-11(7)22)12(15,16)13(17,18)19;1-2/h2-5H,1H3;1H2. The Bertz CT molecular complexity index is 907. The Balaban J connectivity index is 0.00000100. The number of aryl methyl sites for hydroxylation is 1. The molecule has 3 aromatic heterocycles. The average Bonchev–Trinajstić information content (AvgIpc) is 2.88. The van der Waals surface area contributed by atoms with Crippen molar-refractivity contribution < 1.29 is 26.7 Å². The number of carbonyl (C=O) groups excluding carboxylic acids is 1. The van der Waals surface area contributed by atoms with Gasteiger partial charge >= 0.3 is 12.1 Å². The smallest absolute Gasteiger partial charge is 0.307 e. The molecule has 4 nitrogen and oxygen atoms in total. The quantitative estimate of drug-likeness (QED) is 0.604. The molecule has 0 amide bonds. The van der Waals surface area contributed by atoms with Gasteiger partial charge in [0, 0.05) is 11.6 Å². The van der Waals surface area contributed by atoms with Crippen molar-refractivity contribution in [2.24, 2.45) is 0 Å². The molecule has 0 atom stereocenters. The molecule has 0 saturated heterocycles. The molecule has 0 saturated carbocycles. The third-order valence-electron chi connectivity index (χ3n) is 3.15. The lowest BCUT2D eigenvalue weighted by Gasteiger charge is -2.19. The third-order valence-corrected chi connectivity index (χ3v) is 3.46. The minimum Gasteiger partial charge on any atom is -0.307 e. The van der Waals surface area contributed by atoms with Gasteiger partial charge in [0.1, 0.15) is 23.8 Å². The maximum atomic E-state index is 13.5. The predicted molar refractivity (Wildman–Crippen MR) is 77.3 cm³/mol. The van der Waals surface area contributed by atoms with Gasteiger partial charge in [-0.15, -0.1) is 0 Å². The normalized spacial score (nSPS) is 12.3. The van der Waals surface area contributed by atoms with Gasteiger partial charge in [-0.2, -0.15) is 22.0 Å². The molecule has 0 spiro atoms. The number of hydrogen-bond acceptors (Lipinski definition) is 3. The van der Waals surface area contributed by atoms with Crippen molar-refractivity contribution in [3.63, 3.8) is 0 Å². The van der Waals surface area contributed by atoms with Gasteiger partial charge < -0.3 is 4.79 Å². The van der Waals surface area contributed by atoms with Crippen LogP contribution in [0.2, 0.25) is 5.02 Å². The van der Waals surface area contributed by atoms with E-state index in [0.29, 0.717) is 17.4 Å². The van der Waals surface area contributed by atoms with Crippen molar-refractivity contribution in [1.29, 1.82) is 0 Å². The Morgan fingerprint density at radius 1 is 1.12 bits per heavy atom. The van der Waals surface area contributed by atoms with Crippen LogP contribution >= 0.6 is 11.6 Å². The summed E-state index contributed by atoms with van der Waals surface area (Å²) in [7, 11) is 0. The maximum absolute atomic E-state index is 13.5. The molecule has 0 aliphatic heterocycles. The van der Waals surface area contributed by atoms with Crippen LogP contribution in [0.15, 0.2) is 24.4 Å². The first-order valence-electron chi connectivity index (χ1n) is 6.30. The van der Waals surface area contributed by atoms with Crippen LogP contribution in [0, 0.1) is 6.92 Å². The topological polar surface area (TPSA) is 47.3 Å². The number of imidazole rings is 1. The molecular formula is C14H9ClF5N3O. The van der Waals surface area contributed by atoms with Crippen LogP contribution in [-0.4, -0.2) is 27.3 Å². The highest BCUT2D eigenvalue weighted by Gasteiger charge is 2.60. The van der Waals surface area contributed by atoms with Gasteiger partial charge in [-0.05, 0) is 25.1 Å². The lowest BCUT2D eigenvalue weighted by molar-refractivity contribution is -0.290. The lowest BCUT2D eigenvalue weighted by atomic mass is 10.1. The minimum absolute atomic E-state index is 0.107. The van der Waals surface area contributed by atoms with E-state index in [1.165, 1.54) is 16.7 Å². The summed E-state index contributed by atoms with van der Waals surface area (Å²) in [6.07, 6.45) is -4.27. The second kappa shape index (κ2) is 5.97. The van der Waals surface area contributed by atoms with E-state index in [2.05, 4.69) is 9.97 Å². The average molecular weight is 366 g/mol. The molecule has 0 radical (unpaired) electrons. The molecule has 0 N–H and O–H groups in total. The van der Waals surface area contributed by atoms with Gasteiger partial charge in [0.05, 0.1) is 10.7 Å². The van der Waals surface area contributed by atoms with Gasteiger partial charge in [-0.1, -0.05) is 11.6 Å². The fraction of sp³-hybridized carbons (Fsp3) is 0.214. The number of hydrogen-bond donors (Lipinski definition) is 0. The molecule has 0 unspecified atom stereocenters. The van der Waals surface area contributed by atoms with Crippen molar-refractivity contribution in [2.75, 3.05) is 0 Å². The van der Waals surface area contributed by atoms with Crippen molar-refractivity contribution in [1.82, 2.24) is 14.4 Å². The molecular weight excluding hydrogens is 357 g/mol. The van der Waals surface area contributed by atoms with Gasteiger partial charge in [-0.3, -0.25) is 4.40 Å². The molecule has 128 valence electrons. The van der Waals surface area contributed by atoms with Crippen LogP contribution in [0.25, 0.3) is 16.7 Å². The van der Waals surface area contributed by atoms with E-state index in [1.54, 1.807) is 13.0 Å². The Hall–Kier alpha value is -2.29. The number of fused-ring (bicyclic) bond motifs is 3. The molecule has 0 fully saturated rings. The minimum atomic E-state index is -5.75. The molecule has 3 heterocycles. The van der Waals surface area contributed by atoms with Crippen LogP contribution in [0.5, 0.6) is 0 Å². The molecule has 3 rings (SSSR count). The maximum Gasteiger partial charge on any atom is 0.459 e. The summed E-state index contributed by atoms with van der Waals surface area (Å²) in [5, 5.41) is 0.0190. The van der Waals surface area contributed by atoms with Gasteiger partial charge in [-0.25, -0.2) is 9.97 Å². The molecule has 0 aliphatic rings. The van der Waals surface area contributed by atoms with E-state index in [-0.39, 0.29) is 16.1 Å². The van der Waals surface area contributed by atoms with Crippen molar-refractivity contribution in [3.8, 4) is 0 Å². The fourth-order valence-corrected chi connectivity index (χ4v) is 2.37. The molecule has 0 bridgehead atoms. The van der Waals surface area contributed by atoms with Crippen molar-refractivity contribution in [3.05, 3.63) is 40.8 Å². The van der Waals surface area contributed by atoms with Crippen LogP contribution < -0.4 is 0 Å². The van der Waals surface area contributed by atoms with E-state index in [1.807, 2.05) is 6.79 Å². The molecule has 24 heavy (non-hydrogen) atoms. The summed E-state index contributed by atoms with van der Waals surface area (Å²) >= 11 is 5.85. The predicted octanol–water partition coefficient (Wildman–Crippen LogP) is 4.31. The summed E-state index contributed by atoms with van der Waals surface area (Å²) in [6.45, 7) is 3.66. The largest absolute Gasteiger partial charge is 0.459 e. The van der Waals surface area contributed by atoms with Crippen molar-refractivity contribution >= 4 is 35.1 Å². The van der Waals surface area contributed by atoms with Gasteiger partial charge in [0.2, 0.25) is 0 Å². The molecule has 3 aromatic rings. The Labute approximate surface area is 136 Å². The summed E-state index contributed by atoms with van der Waals surface area (Å²) in [4.78, 5) is 15.6.